The van der Waals surface area contributed by atoms with Gasteiger partial charge >= 0.3 is 6.18 Å². The number of aliphatic hydroxyl groups excluding tert-OH is 1. The van der Waals surface area contributed by atoms with Crippen molar-refractivity contribution in [3.63, 3.8) is 0 Å². The van der Waals surface area contributed by atoms with Crippen molar-refractivity contribution in [3.05, 3.63) is 21.3 Å². The number of hydrogen-bond donors (Lipinski definition) is 1. The van der Waals surface area contributed by atoms with Crippen LogP contribution in [0.3, 0.4) is 0 Å². The van der Waals surface area contributed by atoms with E-state index in [1.165, 1.54) is 11.4 Å². The molecule has 68 valence electrons. The van der Waals surface area contributed by atoms with Crippen LogP contribution in [0.2, 0.25) is 5.02 Å². The molecule has 1 N–H and O–H groups in total. The fourth-order valence-electron chi connectivity index (χ4n) is 0.649. The molecule has 0 saturated carbocycles. The minimum atomic E-state index is -4.64. The van der Waals surface area contributed by atoms with Crippen molar-refractivity contribution in [2.24, 2.45) is 0 Å². The molecular formula is C6H4ClF3OS. The van der Waals surface area contributed by atoms with Crippen LogP contribution >= 0.6 is 22.9 Å². The summed E-state index contributed by atoms with van der Waals surface area (Å²) >= 11 is 6.17. The van der Waals surface area contributed by atoms with E-state index in [9.17, 15) is 13.2 Å². The molecule has 0 aliphatic heterocycles. The molecule has 0 amide bonds. The first-order valence-electron chi connectivity index (χ1n) is 2.90. The summed E-state index contributed by atoms with van der Waals surface area (Å²) in [4.78, 5) is -0.260. The smallest absolute Gasteiger partial charge is 0.379 e. The van der Waals surface area contributed by atoms with Crippen LogP contribution in [0.25, 0.3) is 0 Å². The molecule has 0 unspecified atom stereocenters. The van der Waals surface area contributed by atoms with Gasteiger partial charge in [-0.1, -0.05) is 11.6 Å². The zero-order valence-corrected chi connectivity index (χ0v) is 7.17. The van der Waals surface area contributed by atoms with Gasteiger partial charge in [0.15, 0.2) is 6.10 Å². The van der Waals surface area contributed by atoms with Gasteiger partial charge in [-0.15, -0.1) is 11.3 Å². The van der Waals surface area contributed by atoms with Gasteiger partial charge in [-0.3, -0.25) is 0 Å². The summed E-state index contributed by atoms with van der Waals surface area (Å²) in [6.07, 6.45) is -7.11. The van der Waals surface area contributed by atoms with Gasteiger partial charge in [0, 0.05) is 0 Å². The topological polar surface area (TPSA) is 20.2 Å². The maximum atomic E-state index is 11.9. The summed E-state index contributed by atoms with van der Waals surface area (Å²) in [5.74, 6) is 0. The van der Waals surface area contributed by atoms with Crippen LogP contribution < -0.4 is 0 Å². The highest BCUT2D eigenvalue weighted by Gasteiger charge is 2.41. The molecule has 0 aliphatic rings. The van der Waals surface area contributed by atoms with Crippen molar-refractivity contribution in [2.75, 3.05) is 0 Å². The number of hydrogen-bond acceptors (Lipinski definition) is 2. The van der Waals surface area contributed by atoms with Crippen molar-refractivity contribution in [3.8, 4) is 0 Å². The summed E-state index contributed by atoms with van der Waals surface area (Å²) in [7, 11) is 0. The third-order valence-corrected chi connectivity index (χ3v) is 2.61. The van der Waals surface area contributed by atoms with Crippen molar-refractivity contribution < 1.29 is 18.3 Å². The molecule has 0 bridgehead atoms. The first-order chi connectivity index (χ1) is 5.43. The van der Waals surface area contributed by atoms with Crippen LogP contribution in [0.1, 0.15) is 11.0 Å². The van der Waals surface area contributed by atoms with Crippen LogP contribution in [0.4, 0.5) is 13.2 Å². The Kier molecular flexibility index (Phi) is 2.65. The second-order valence-corrected chi connectivity index (χ2v) is 3.43. The quantitative estimate of drug-likeness (QED) is 0.765. The van der Waals surface area contributed by atoms with E-state index in [2.05, 4.69) is 0 Å². The third-order valence-electron chi connectivity index (χ3n) is 1.20. The van der Waals surface area contributed by atoms with E-state index in [1.807, 2.05) is 0 Å². The van der Waals surface area contributed by atoms with Gasteiger partial charge in [-0.2, -0.15) is 13.2 Å². The van der Waals surface area contributed by atoms with Crippen LogP contribution in [-0.4, -0.2) is 11.3 Å². The zero-order chi connectivity index (χ0) is 9.35. The van der Waals surface area contributed by atoms with Crippen molar-refractivity contribution >= 4 is 22.9 Å². The molecule has 1 heterocycles. The van der Waals surface area contributed by atoms with E-state index in [0.717, 1.165) is 11.3 Å². The minimum Gasteiger partial charge on any atom is -0.379 e. The summed E-state index contributed by atoms with van der Waals surface area (Å²) in [5, 5.41) is 10.1. The minimum absolute atomic E-state index is 0.0511. The average Bonchev–Trinajstić information content (AvgIpc) is 2.31. The van der Waals surface area contributed by atoms with E-state index in [0.29, 0.717) is 0 Å². The second kappa shape index (κ2) is 3.24. The lowest BCUT2D eigenvalue weighted by molar-refractivity contribution is -0.205. The fourth-order valence-corrected chi connectivity index (χ4v) is 1.82. The van der Waals surface area contributed by atoms with Crippen molar-refractivity contribution in [1.29, 1.82) is 0 Å². The van der Waals surface area contributed by atoms with Gasteiger partial charge in [-0.25, -0.2) is 0 Å². The number of thiophene rings is 1. The van der Waals surface area contributed by atoms with Crippen LogP contribution in [0.15, 0.2) is 11.4 Å². The average molecular weight is 217 g/mol. The predicted octanol–water partition coefficient (Wildman–Crippen LogP) is 3.00. The zero-order valence-electron chi connectivity index (χ0n) is 5.60. The maximum absolute atomic E-state index is 11.9. The molecule has 0 aliphatic carbocycles. The molecular weight excluding hydrogens is 213 g/mol. The molecule has 1 aromatic rings. The Labute approximate surface area is 75.4 Å². The van der Waals surface area contributed by atoms with Crippen LogP contribution in [-0.2, 0) is 0 Å². The van der Waals surface area contributed by atoms with E-state index in [4.69, 9.17) is 16.7 Å². The Morgan fingerprint density at radius 3 is 2.42 bits per heavy atom. The number of halogens is 4. The van der Waals surface area contributed by atoms with E-state index >= 15 is 0 Å². The lowest BCUT2D eigenvalue weighted by Gasteiger charge is -2.12. The molecule has 1 nitrogen and oxygen atoms in total. The van der Waals surface area contributed by atoms with Gasteiger partial charge in [0.1, 0.15) is 0 Å². The molecule has 1 rings (SSSR count). The molecule has 1 atom stereocenters. The normalized spacial score (nSPS) is 14.8. The van der Waals surface area contributed by atoms with E-state index in [1.54, 1.807) is 0 Å². The first kappa shape index (κ1) is 9.83. The number of rotatable bonds is 1. The Hall–Kier alpha value is -0.260. The highest BCUT2D eigenvalue weighted by Crippen LogP contribution is 2.38. The maximum Gasteiger partial charge on any atom is 0.419 e. The predicted molar refractivity (Wildman–Crippen MR) is 40.3 cm³/mol. The summed E-state index contributed by atoms with van der Waals surface area (Å²) in [5.41, 5.74) is 0. The highest BCUT2D eigenvalue weighted by molar-refractivity contribution is 7.10. The lowest BCUT2D eigenvalue weighted by atomic mass is 10.3. The fraction of sp³-hybridized carbons (Fsp3) is 0.333. The van der Waals surface area contributed by atoms with Gasteiger partial charge < -0.3 is 5.11 Å². The van der Waals surface area contributed by atoms with Crippen molar-refractivity contribution in [1.82, 2.24) is 0 Å². The second-order valence-electron chi connectivity index (χ2n) is 2.08. The molecule has 0 spiro atoms. The number of alkyl halides is 3. The number of aliphatic hydroxyl groups is 1. The molecule has 0 fully saturated rings. The standard InChI is InChI=1S/C6H4ClF3OS/c7-3-1-2-12-4(3)5(11)6(8,9)10/h1-2,5,11H/t5-/m1/s1. The molecule has 1 aromatic heterocycles. The Morgan fingerprint density at radius 1 is 1.50 bits per heavy atom. The summed E-state index contributed by atoms with van der Waals surface area (Å²) in [6, 6.07) is 1.32. The summed E-state index contributed by atoms with van der Waals surface area (Å²) < 4.78 is 35.7. The van der Waals surface area contributed by atoms with Gasteiger partial charge in [0.2, 0.25) is 0 Å². The Morgan fingerprint density at radius 2 is 2.08 bits per heavy atom. The Balaban J connectivity index is 2.92. The van der Waals surface area contributed by atoms with E-state index in [-0.39, 0.29) is 9.90 Å². The largest absolute Gasteiger partial charge is 0.419 e. The van der Waals surface area contributed by atoms with Crippen LogP contribution in [0, 0.1) is 0 Å². The molecule has 12 heavy (non-hydrogen) atoms. The van der Waals surface area contributed by atoms with Crippen molar-refractivity contribution in [2.45, 2.75) is 12.3 Å². The SMILES string of the molecule is O[C@H](c1sccc1Cl)C(F)(F)F. The molecule has 0 aromatic carbocycles. The summed E-state index contributed by atoms with van der Waals surface area (Å²) in [6.45, 7) is 0. The van der Waals surface area contributed by atoms with Gasteiger partial charge in [0.05, 0.1) is 9.90 Å². The Bertz CT molecular complexity index is 270. The highest BCUT2D eigenvalue weighted by atomic mass is 35.5. The molecule has 0 radical (unpaired) electrons. The molecule has 6 heteroatoms. The monoisotopic (exact) mass is 216 g/mol. The van der Waals surface area contributed by atoms with Gasteiger partial charge in [-0.05, 0) is 11.4 Å². The van der Waals surface area contributed by atoms with Gasteiger partial charge in [0.25, 0.3) is 0 Å². The third kappa shape index (κ3) is 1.91. The van der Waals surface area contributed by atoms with Crippen LogP contribution in [0.5, 0.6) is 0 Å². The first-order valence-corrected chi connectivity index (χ1v) is 4.16. The van der Waals surface area contributed by atoms with E-state index < -0.39 is 12.3 Å². The lowest BCUT2D eigenvalue weighted by Crippen LogP contribution is -2.19. The molecule has 0 saturated heterocycles.